The largest absolute Gasteiger partial charge is 0.396 e. The highest BCUT2D eigenvalue weighted by Gasteiger charge is 2.09. The van der Waals surface area contributed by atoms with E-state index >= 15 is 0 Å². The van der Waals surface area contributed by atoms with Crippen LogP contribution in [0, 0.1) is 0 Å². The van der Waals surface area contributed by atoms with Gasteiger partial charge in [0.2, 0.25) is 0 Å². The fourth-order valence-corrected chi connectivity index (χ4v) is 1.98. The standard InChI is InChI=1S/C9H13N5.C6H8N2O/c1-7(8-3-11-13(2)5-8)14-6-9(10)4-12-14;1-5(9)6-3-7-8(2)4-6/h3-7H,10H2,1-2H3;3-4H,1-2H3. The molecule has 0 spiro atoms. The third-order valence-electron chi connectivity index (χ3n) is 3.34. The molecule has 0 aliphatic rings. The molecule has 1 atom stereocenters. The highest BCUT2D eigenvalue weighted by atomic mass is 16.1. The fraction of sp³-hybridized carbons (Fsp3) is 0.333. The van der Waals surface area contributed by atoms with Crippen molar-refractivity contribution in [2.24, 2.45) is 14.1 Å². The summed E-state index contributed by atoms with van der Waals surface area (Å²) in [5.74, 6) is 0.0584. The number of nitrogens with two attached hydrogens (primary N) is 1. The van der Waals surface area contributed by atoms with E-state index in [9.17, 15) is 4.79 Å². The fourth-order valence-electron chi connectivity index (χ4n) is 1.98. The molecule has 1 unspecified atom stereocenters. The molecule has 0 bridgehead atoms. The van der Waals surface area contributed by atoms with Crippen molar-refractivity contribution in [3.63, 3.8) is 0 Å². The van der Waals surface area contributed by atoms with Crippen molar-refractivity contribution in [3.05, 3.63) is 48.3 Å². The molecule has 3 aromatic heterocycles. The molecule has 0 amide bonds. The maximum atomic E-state index is 10.6. The first-order valence-corrected chi connectivity index (χ1v) is 7.14. The lowest BCUT2D eigenvalue weighted by Gasteiger charge is -2.08. The number of ketones is 1. The van der Waals surface area contributed by atoms with Gasteiger partial charge in [-0.1, -0.05) is 0 Å². The van der Waals surface area contributed by atoms with Crippen molar-refractivity contribution in [2.75, 3.05) is 5.73 Å². The third-order valence-corrected chi connectivity index (χ3v) is 3.34. The molecule has 0 saturated heterocycles. The van der Waals surface area contributed by atoms with Crippen molar-refractivity contribution in [1.82, 2.24) is 29.3 Å². The van der Waals surface area contributed by atoms with E-state index in [1.807, 2.05) is 30.3 Å². The molecule has 3 rings (SSSR count). The van der Waals surface area contributed by atoms with Gasteiger partial charge >= 0.3 is 0 Å². The van der Waals surface area contributed by atoms with Crippen LogP contribution in [0.1, 0.15) is 35.8 Å². The van der Waals surface area contributed by atoms with Crippen molar-refractivity contribution in [1.29, 1.82) is 0 Å². The summed E-state index contributed by atoms with van der Waals surface area (Å²) in [7, 11) is 3.68. The Morgan fingerprint density at radius 2 is 1.70 bits per heavy atom. The number of aromatic nitrogens is 6. The topological polar surface area (TPSA) is 96.5 Å². The Morgan fingerprint density at radius 1 is 1.04 bits per heavy atom. The van der Waals surface area contributed by atoms with Crippen LogP contribution >= 0.6 is 0 Å². The van der Waals surface area contributed by atoms with Crippen LogP contribution in [0.3, 0.4) is 0 Å². The second-order valence-electron chi connectivity index (χ2n) is 5.34. The van der Waals surface area contributed by atoms with Gasteiger partial charge < -0.3 is 5.73 Å². The molecule has 0 aliphatic carbocycles. The number of hydrogen-bond acceptors (Lipinski definition) is 5. The SMILES string of the molecule is CC(=O)c1cnn(C)c1.CC(c1cnn(C)c1)n1cc(N)cn1. The summed E-state index contributed by atoms with van der Waals surface area (Å²) < 4.78 is 5.21. The number of anilines is 1. The normalized spacial score (nSPS) is 11.7. The van der Waals surface area contributed by atoms with Crippen molar-refractivity contribution < 1.29 is 4.79 Å². The third kappa shape index (κ3) is 4.29. The predicted octanol–water partition coefficient (Wildman–Crippen LogP) is 1.43. The lowest BCUT2D eigenvalue weighted by molar-refractivity contribution is 0.101. The number of carbonyl (C=O) groups is 1. The van der Waals surface area contributed by atoms with Crippen LogP contribution in [0.5, 0.6) is 0 Å². The van der Waals surface area contributed by atoms with E-state index in [-0.39, 0.29) is 11.8 Å². The highest BCUT2D eigenvalue weighted by Crippen LogP contribution is 2.16. The van der Waals surface area contributed by atoms with E-state index in [1.54, 1.807) is 35.0 Å². The Bertz CT molecular complexity index is 743. The number of nitrogens with zero attached hydrogens (tertiary/aromatic N) is 6. The van der Waals surface area contributed by atoms with Gasteiger partial charge in [-0.2, -0.15) is 15.3 Å². The van der Waals surface area contributed by atoms with Crippen molar-refractivity contribution in [3.8, 4) is 0 Å². The van der Waals surface area contributed by atoms with Gasteiger partial charge in [0.25, 0.3) is 0 Å². The zero-order valence-electron chi connectivity index (χ0n) is 13.7. The van der Waals surface area contributed by atoms with Crippen LogP contribution in [-0.2, 0) is 14.1 Å². The van der Waals surface area contributed by atoms with E-state index in [4.69, 9.17) is 5.73 Å². The van der Waals surface area contributed by atoms with E-state index in [2.05, 4.69) is 22.2 Å². The Balaban J connectivity index is 0.000000185. The predicted molar refractivity (Wildman–Crippen MR) is 86.9 cm³/mol. The maximum absolute atomic E-state index is 10.6. The minimum Gasteiger partial charge on any atom is -0.396 e. The summed E-state index contributed by atoms with van der Waals surface area (Å²) in [4.78, 5) is 10.6. The molecular formula is C15H21N7O. The molecule has 3 heterocycles. The first-order valence-electron chi connectivity index (χ1n) is 7.14. The number of aryl methyl sites for hydroxylation is 2. The summed E-state index contributed by atoms with van der Waals surface area (Å²) in [5.41, 5.74) is 8.06. The summed E-state index contributed by atoms with van der Waals surface area (Å²) >= 11 is 0. The van der Waals surface area contributed by atoms with Gasteiger partial charge in [0, 0.05) is 38.2 Å². The maximum Gasteiger partial charge on any atom is 0.162 e. The average Bonchev–Trinajstić information content (AvgIpc) is 3.20. The molecule has 122 valence electrons. The number of rotatable bonds is 3. The second-order valence-corrected chi connectivity index (χ2v) is 5.34. The van der Waals surface area contributed by atoms with Crippen LogP contribution in [0.4, 0.5) is 5.69 Å². The monoisotopic (exact) mass is 315 g/mol. The van der Waals surface area contributed by atoms with Gasteiger partial charge in [-0.15, -0.1) is 0 Å². The molecule has 0 fully saturated rings. The van der Waals surface area contributed by atoms with Gasteiger partial charge in [0.1, 0.15) is 0 Å². The average molecular weight is 315 g/mol. The van der Waals surface area contributed by atoms with Gasteiger partial charge in [-0.25, -0.2) is 0 Å². The highest BCUT2D eigenvalue weighted by molar-refractivity contribution is 5.93. The van der Waals surface area contributed by atoms with Gasteiger partial charge in [0.05, 0.1) is 35.9 Å². The molecule has 8 heteroatoms. The Labute approximate surface area is 134 Å². The zero-order chi connectivity index (χ0) is 17.0. The van der Waals surface area contributed by atoms with E-state index in [1.165, 1.54) is 6.92 Å². The summed E-state index contributed by atoms with van der Waals surface area (Å²) in [6.45, 7) is 3.58. The van der Waals surface area contributed by atoms with Crippen LogP contribution in [-0.4, -0.2) is 35.1 Å². The second kappa shape index (κ2) is 6.91. The quantitative estimate of drug-likeness (QED) is 0.738. The Morgan fingerprint density at radius 3 is 2.09 bits per heavy atom. The number of Topliss-reactive ketones (excluding diaryl/α,β-unsaturated/α-hetero) is 1. The molecular weight excluding hydrogens is 294 g/mol. The summed E-state index contributed by atoms with van der Waals surface area (Å²) in [6.07, 6.45) is 10.5. The number of carbonyl (C=O) groups excluding carboxylic acids is 1. The first kappa shape index (κ1) is 16.5. The lowest BCUT2D eigenvalue weighted by Crippen LogP contribution is -2.06. The van der Waals surface area contributed by atoms with Gasteiger partial charge in [0.15, 0.2) is 5.78 Å². The Hall–Kier alpha value is -2.90. The van der Waals surface area contributed by atoms with E-state index in [0.29, 0.717) is 11.3 Å². The summed E-state index contributed by atoms with van der Waals surface area (Å²) in [6, 6.07) is 0.168. The van der Waals surface area contributed by atoms with Gasteiger partial charge in [-0.05, 0) is 13.8 Å². The smallest absolute Gasteiger partial charge is 0.162 e. The number of hydrogen-bond donors (Lipinski definition) is 1. The van der Waals surface area contributed by atoms with Crippen LogP contribution in [0.15, 0.2) is 37.2 Å². The molecule has 3 aromatic rings. The minimum atomic E-state index is 0.0584. The molecule has 8 nitrogen and oxygen atoms in total. The molecule has 0 radical (unpaired) electrons. The molecule has 23 heavy (non-hydrogen) atoms. The minimum absolute atomic E-state index is 0.0584. The van der Waals surface area contributed by atoms with Crippen molar-refractivity contribution >= 4 is 11.5 Å². The zero-order valence-corrected chi connectivity index (χ0v) is 13.7. The van der Waals surface area contributed by atoms with Crippen LogP contribution < -0.4 is 5.73 Å². The molecule has 2 N–H and O–H groups in total. The summed E-state index contributed by atoms with van der Waals surface area (Å²) in [5, 5.41) is 12.1. The lowest BCUT2D eigenvalue weighted by atomic mass is 10.2. The molecule has 0 saturated carbocycles. The van der Waals surface area contributed by atoms with Gasteiger partial charge in [-0.3, -0.25) is 18.8 Å². The van der Waals surface area contributed by atoms with Crippen LogP contribution in [0.2, 0.25) is 0 Å². The van der Waals surface area contributed by atoms with E-state index in [0.717, 1.165) is 5.56 Å². The first-order chi connectivity index (χ1) is 10.9. The molecule has 0 aliphatic heterocycles. The van der Waals surface area contributed by atoms with E-state index < -0.39 is 0 Å². The van der Waals surface area contributed by atoms with Crippen molar-refractivity contribution in [2.45, 2.75) is 19.9 Å². The number of nitrogen functional groups attached to an aromatic ring is 1. The molecule has 0 aromatic carbocycles. The van der Waals surface area contributed by atoms with Crippen LogP contribution in [0.25, 0.3) is 0 Å². The Kier molecular flexibility index (Phi) is 4.95.